The fraction of sp³-hybridized carbons (Fsp3) is 0.273. The fourth-order valence-corrected chi connectivity index (χ4v) is 3.77. The van der Waals surface area contributed by atoms with Crippen LogP contribution in [0.4, 0.5) is 0 Å². The van der Waals surface area contributed by atoms with Crippen LogP contribution in [0.1, 0.15) is 35.4 Å². The van der Waals surface area contributed by atoms with Gasteiger partial charge in [0.15, 0.2) is 5.69 Å². The molecule has 1 aromatic heterocycles. The molecule has 1 N–H and O–H groups in total. The average molecular weight is 390 g/mol. The number of rotatable bonds is 4. The first-order valence-electron chi connectivity index (χ1n) is 9.68. The molecule has 1 fully saturated rings. The second-order valence-corrected chi connectivity index (χ2v) is 7.20. The predicted molar refractivity (Wildman–Crippen MR) is 108 cm³/mol. The van der Waals surface area contributed by atoms with Crippen LogP contribution in [0.3, 0.4) is 0 Å². The number of benzene rings is 2. The van der Waals surface area contributed by atoms with Gasteiger partial charge in [-0.15, -0.1) is 5.10 Å². The Morgan fingerprint density at radius 3 is 2.38 bits per heavy atom. The number of carboxylic acids is 1. The maximum atomic E-state index is 13.0. The normalized spacial score (nSPS) is 16.6. The van der Waals surface area contributed by atoms with Crippen LogP contribution in [0.2, 0.25) is 0 Å². The minimum atomic E-state index is -0.973. The van der Waals surface area contributed by atoms with Crippen molar-refractivity contribution in [2.75, 3.05) is 6.54 Å². The third-order valence-corrected chi connectivity index (χ3v) is 5.36. The monoisotopic (exact) mass is 390 g/mol. The molecule has 29 heavy (non-hydrogen) atoms. The second-order valence-electron chi connectivity index (χ2n) is 7.20. The van der Waals surface area contributed by atoms with Crippen LogP contribution in [0, 0.1) is 6.92 Å². The SMILES string of the molecule is Cc1c(C(=O)N2CCCC[C@@H]2C(=O)O)nnn1-c1ccc(-c2ccccc2)cc1. The van der Waals surface area contributed by atoms with Crippen molar-refractivity contribution >= 4 is 11.9 Å². The van der Waals surface area contributed by atoms with E-state index in [0.29, 0.717) is 18.7 Å². The first-order chi connectivity index (χ1) is 14.1. The molecule has 0 spiro atoms. The van der Waals surface area contributed by atoms with Crippen LogP contribution >= 0.6 is 0 Å². The lowest BCUT2D eigenvalue weighted by Crippen LogP contribution is -2.48. The standard InChI is InChI=1S/C22H22N4O3/c1-15-20(21(27)25-14-6-5-9-19(25)22(28)29)23-24-26(15)18-12-10-17(11-13-18)16-7-3-2-4-8-16/h2-4,7-8,10-13,19H,5-6,9,14H2,1H3,(H,28,29)/t19-/m1/s1. The molecule has 1 atom stereocenters. The van der Waals surface area contributed by atoms with E-state index in [1.807, 2.05) is 54.6 Å². The number of carbonyl (C=O) groups is 2. The van der Waals surface area contributed by atoms with Gasteiger partial charge in [0, 0.05) is 6.54 Å². The molecule has 148 valence electrons. The molecule has 1 amide bonds. The van der Waals surface area contributed by atoms with Gasteiger partial charge < -0.3 is 10.0 Å². The van der Waals surface area contributed by atoms with Gasteiger partial charge in [-0.05, 0) is 49.4 Å². The summed E-state index contributed by atoms with van der Waals surface area (Å²) >= 11 is 0. The largest absolute Gasteiger partial charge is 0.480 e. The Morgan fingerprint density at radius 2 is 1.69 bits per heavy atom. The van der Waals surface area contributed by atoms with Crippen molar-refractivity contribution in [1.82, 2.24) is 19.9 Å². The molecule has 0 saturated carbocycles. The maximum Gasteiger partial charge on any atom is 0.326 e. The van der Waals surface area contributed by atoms with Crippen molar-refractivity contribution in [3.63, 3.8) is 0 Å². The molecule has 1 aliphatic rings. The van der Waals surface area contributed by atoms with Gasteiger partial charge in [-0.2, -0.15) is 0 Å². The molecule has 7 nitrogen and oxygen atoms in total. The van der Waals surface area contributed by atoms with Gasteiger partial charge >= 0.3 is 5.97 Å². The Hall–Kier alpha value is -3.48. The van der Waals surface area contributed by atoms with Crippen LogP contribution in [0.15, 0.2) is 54.6 Å². The molecule has 0 bridgehead atoms. The molecule has 0 aliphatic carbocycles. The molecular formula is C22H22N4O3. The topological polar surface area (TPSA) is 88.3 Å². The molecule has 1 aliphatic heterocycles. The van der Waals surface area contributed by atoms with Gasteiger partial charge in [-0.1, -0.05) is 47.7 Å². The molecule has 3 aromatic rings. The van der Waals surface area contributed by atoms with Crippen LogP contribution in [0.5, 0.6) is 0 Å². The summed E-state index contributed by atoms with van der Waals surface area (Å²) in [5.41, 5.74) is 3.79. The molecule has 0 unspecified atom stereocenters. The Balaban J connectivity index is 1.60. The molecule has 1 saturated heterocycles. The van der Waals surface area contributed by atoms with E-state index in [9.17, 15) is 14.7 Å². The summed E-state index contributed by atoms with van der Waals surface area (Å²) in [6.45, 7) is 2.20. The summed E-state index contributed by atoms with van der Waals surface area (Å²) in [5, 5.41) is 17.7. The number of piperidine rings is 1. The van der Waals surface area contributed by atoms with Gasteiger partial charge in [-0.3, -0.25) is 4.79 Å². The third-order valence-electron chi connectivity index (χ3n) is 5.36. The highest BCUT2D eigenvalue weighted by atomic mass is 16.4. The predicted octanol–water partition coefficient (Wildman–Crippen LogP) is 3.32. The lowest BCUT2D eigenvalue weighted by atomic mass is 10.0. The van der Waals surface area contributed by atoms with E-state index in [-0.39, 0.29) is 11.6 Å². The smallest absolute Gasteiger partial charge is 0.326 e. The number of hydrogen-bond donors (Lipinski definition) is 1. The highest BCUT2D eigenvalue weighted by Crippen LogP contribution is 2.23. The molecule has 4 rings (SSSR count). The average Bonchev–Trinajstić information content (AvgIpc) is 3.15. The lowest BCUT2D eigenvalue weighted by molar-refractivity contribution is -0.143. The van der Waals surface area contributed by atoms with Gasteiger partial charge in [0.2, 0.25) is 0 Å². The van der Waals surface area contributed by atoms with E-state index in [1.165, 1.54) is 4.90 Å². The van der Waals surface area contributed by atoms with E-state index in [2.05, 4.69) is 10.3 Å². The third kappa shape index (κ3) is 3.63. The number of aliphatic carboxylic acids is 1. The van der Waals surface area contributed by atoms with Crippen LogP contribution in [-0.2, 0) is 4.79 Å². The zero-order valence-electron chi connectivity index (χ0n) is 16.2. The summed E-state index contributed by atoms with van der Waals surface area (Å²) in [6, 6.07) is 17.1. The Labute approximate surface area is 168 Å². The number of carbonyl (C=O) groups excluding carboxylic acids is 1. The van der Waals surface area contributed by atoms with E-state index in [0.717, 1.165) is 29.7 Å². The van der Waals surface area contributed by atoms with E-state index in [1.54, 1.807) is 11.6 Å². The first kappa shape index (κ1) is 18.9. The Kier molecular flexibility index (Phi) is 5.12. The van der Waals surface area contributed by atoms with Gasteiger partial charge in [-0.25, -0.2) is 9.48 Å². The summed E-state index contributed by atoms with van der Waals surface area (Å²) in [6.07, 6.45) is 2.07. The number of aromatic nitrogens is 3. The number of likely N-dealkylation sites (tertiary alicyclic amines) is 1. The number of carboxylic acid groups (broad SMARTS) is 1. The van der Waals surface area contributed by atoms with E-state index >= 15 is 0 Å². The maximum absolute atomic E-state index is 13.0. The highest BCUT2D eigenvalue weighted by Gasteiger charge is 2.34. The molecule has 7 heteroatoms. The first-order valence-corrected chi connectivity index (χ1v) is 9.68. The zero-order valence-corrected chi connectivity index (χ0v) is 16.2. The summed E-state index contributed by atoms with van der Waals surface area (Å²) in [4.78, 5) is 25.9. The van der Waals surface area contributed by atoms with Crippen molar-refractivity contribution in [3.05, 3.63) is 66.0 Å². The van der Waals surface area contributed by atoms with Gasteiger partial charge in [0.05, 0.1) is 11.4 Å². The number of hydrogen-bond acceptors (Lipinski definition) is 4. The minimum Gasteiger partial charge on any atom is -0.480 e. The van der Waals surface area contributed by atoms with Crippen molar-refractivity contribution < 1.29 is 14.7 Å². The Morgan fingerprint density at radius 1 is 1.00 bits per heavy atom. The zero-order chi connectivity index (χ0) is 20.4. The number of amides is 1. The molecular weight excluding hydrogens is 368 g/mol. The molecule has 0 radical (unpaired) electrons. The highest BCUT2D eigenvalue weighted by molar-refractivity contribution is 5.96. The quantitative estimate of drug-likeness (QED) is 0.738. The molecule has 2 heterocycles. The summed E-state index contributed by atoms with van der Waals surface area (Å²) in [5.74, 6) is -1.35. The van der Waals surface area contributed by atoms with E-state index in [4.69, 9.17) is 0 Å². The fourth-order valence-electron chi connectivity index (χ4n) is 3.77. The second kappa shape index (κ2) is 7.87. The lowest BCUT2D eigenvalue weighted by Gasteiger charge is -2.32. The van der Waals surface area contributed by atoms with Gasteiger partial charge in [0.1, 0.15) is 6.04 Å². The molecule has 2 aromatic carbocycles. The number of nitrogens with zero attached hydrogens (tertiary/aromatic N) is 4. The minimum absolute atomic E-state index is 0.199. The van der Waals surface area contributed by atoms with Crippen molar-refractivity contribution in [3.8, 4) is 16.8 Å². The van der Waals surface area contributed by atoms with Crippen LogP contribution in [-0.4, -0.2) is 49.5 Å². The van der Waals surface area contributed by atoms with Crippen molar-refractivity contribution in [2.45, 2.75) is 32.2 Å². The Bertz CT molecular complexity index is 1030. The summed E-state index contributed by atoms with van der Waals surface area (Å²) in [7, 11) is 0. The van der Waals surface area contributed by atoms with Crippen LogP contribution < -0.4 is 0 Å². The van der Waals surface area contributed by atoms with Crippen molar-refractivity contribution in [2.24, 2.45) is 0 Å². The summed E-state index contributed by atoms with van der Waals surface area (Å²) < 4.78 is 1.61. The van der Waals surface area contributed by atoms with E-state index < -0.39 is 12.0 Å². The van der Waals surface area contributed by atoms with Crippen molar-refractivity contribution in [1.29, 1.82) is 0 Å². The van der Waals surface area contributed by atoms with Gasteiger partial charge in [0.25, 0.3) is 5.91 Å². The van der Waals surface area contributed by atoms with Crippen LogP contribution in [0.25, 0.3) is 16.8 Å².